The minimum absolute atomic E-state index is 0.134. The fraction of sp³-hybridized carbons (Fsp3) is 0.333. The lowest BCUT2D eigenvalue weighted by Gasteiger charge is -2.34. The second kappa shape index (κ2) is 11.3. The largest absolute Gasteiger partial charge is 0.494 e. The Bertz CT molecular complexity index is 1510. The van der Waals surface area contributed by atoms with E-state index in [2.05, 4.69) is 15.6 Å². The maximum absolute atomic E-state index is 14.2. The van der Waals surface area contributed by atoms with Crippen LogP contribution < -0.4 is 24.4 Å². The Balaban J connectivity index is 1.61. The number of benzene rings is 3. The van der Waals surface area contributed by atoms with Crippen molar-refractivity contribution in [1.29, 1.82) is 0 Å². The molecule has 2 heterocycles. The van der Waals surface area contributed by atoms with Crippen LogP contribution in [-0.4, -0.2) is 52.2 Å². The summed E-state index contributed by atoms with van der Waals surface area (Å²) in [5.74, 6) is 1.09. The van der Waals surface area contributed by atoms with E-state index in [1.54, 1.807) is 47.1 Å². The zero-order valence-electron chi connectivity index (χ0n) is 23.1. The molecule has 1 N–H and O–H groups in total. The molecule has 4 aromatic rings. The lowest BCUT2D eigenvalue weighted by molar-refractivity contribution is -0.128. The van der Waals surface area contributed by atoms with Crippen molar-refractivity contribution in [2.75, 3.05) is 24.7 Å². The van der Waals surface area contributed by atoms with Crippen molar-refractivity contribution in [3.8, 4) is 17.2 Å². The van der Waals surface area contributed by atoms with Gasteiger partial charge in [-0.05, 0) is 69.7 Å². The summed E-state index contributed by atoms with van der Waals surface area (Å²) in [4.78, 5) is 29.7. The molecule has 0 bridgehead atoms. The van der Waals surface area contributed by atoms with Crippen LogP contribution in [0, 0.1) is 0 Å². The van der Waals surface area contributed by atoms with E-state index in [1.807, 2.05) is 52.0 Å². The Hall–Kier alpha value is -4.60. The van der Waals surface area contributed by atoms with Crippen molar-refractivity contribution in [3.63, 3.8) is 0 Å². The van der Waals surface area contributed by atoms with Gasteiger partial charge in [-0.2, -0.15) is 0 Å². The number of carbonyl (C=O) groups is 2. The summed E-state index contributed by atoms with van der Waals surface area (Å²) < 4.78 is 18.7. The quantitative estimate of drug-likeness (QED) is 0.353. The molecule has 0 saturated heterocycles. The number of nitrogens with one attached hydrogen (secondary N) is 1. The molecule has 3 aromatic carbocycles. The van der Waals surface area contributed by atoms with E-state index in [1.165, 1.54) is 4.90 Å². The van der Waals surface area contributed by atoms with Gasteiger partial charge in [-0.1, -0.05) is 29.5 Å². The smallest absolute Gasteiger partial charge is 0.249 e. The molecule has 0 unspecified atom stereocenters. The van der Waals surface area contributed by atoms with Crippen LogP contribution in [0.3, 0.4) is 0 Å². The number of amides is 2. The van der Waals surface area contributed by atoms with Crippen LogP contribution in [0.25, 0.3) is 11.0 Å². The maximum atomic E-state index is 14.2. The van der Waals surface area contributed by atoms with Gasteiger partial charge < -0.3 is 19.5 Å². The van der Waals surface area contributed by atoms with Crippen LogP contribution in [-0.2, 0) is 16.1 Å². The zero-order valence-corrected chi connectivity index (χ0v) is 23.1. The molecule has 0 fully saturated rings. The number of hydrogen-bond acceptors (Lipinski definition) is 7. The molecule has 1 aromatic heterocycles. The molecular formula is C30H33N5O5. The normalized spacial score (nSPS) is 13.5. The minimum atomic E-state index is -1.00. The average molecular weight is 544 g/mol. The summed E-state index contributed by atoms with van der Waals surface area (Å²) in [6, 6.07) is 18.9. The number of anilines is 1. The van der Waals surface area contributed by atoms with Crippen LogP contribution in [0.15, 0.2) is 66.7 Å². The van der Waals surface area contributed by atoms with Gasteiger partial charge in [0.1, 0.15) is 37.1 Å². The van der Waals surface area contributed by atoms with Crippen molar-refractivity contribution >= 4 is 28.5 Å². The monoisotopic (exact) mass is 543 g/mol. The Morgan fingerprint density at radius 3 is 2.48 bits per heavy atom. The Morgan fingerprint density at radius 2 is 1.75 bits per heavy atom. The van der Waals surface area contributed by atoms with E-state index in [9.17, 15) is 9.59 Å². The molecule has 0 saturated carbocycles. The molecule has 1 aliphatic heterocycles. The number of para-hydroxylation sites is 1. The molecule has 1 aliphatic rings. The van der Waals surface area contributed by atoms with Crippen LogP contribution >= 0.6 is 0 Å². The van der Waals surface area contributed by atoms with Crippen molar-refractivity contribution < 1.29 is 23.8 Å². The summed E-state index contributed by atoms with van der Waals surface area (Å²) in [6.07, 6.45) is 0. The Morgan fingerprint density at radius 1 is 1.02 bits per heavy atom. The Kier molecular flexibility index (Phi) is 7.59. The molecule has 2 amide bonds. The summed E-state index contributed by atoms with van der Waals surface area (Å²) in [5.41, 5.74) is 1.97. The second-order valence-corrected chi connectivity index (χ2v) is 10.5. The molecule has 5 rings (SSSR count). The summed E-state index contributed by atoms with van der Waals surface area (Å²) >= 11 is 0. The third kappa shape index (κ3) is 5.85. The van der Waals surface area contributed by atoms with Gasteiger partial charge in [0.05, 0.1) is 12.1 Å². The highest BCUT2D eigenvalue weighted by atomic mass is 16.6. The van der Waals surface area contributed by atoms with Crippen LogP contribution in [0.1, 0.15) is 39.3 Å². The van der Waals surface area contributed by atoms with E-state index >= 15 is 0 Å². The number of nitrogens with zero attached hydrogens (tertiary/aromatic N) is 4. The Labute approximate surface area is 232 Å². The molecule has 40 heavy (non-hydrogen) atoms. The number of hydrogen-bond donors (Lipinski definition) is 1. The standard InChI is InChI=1S/C30H33N5O5/c1-5-38-22-13-10-20(11-14-22)28(29(37)31-30(2,3)4)35(21-12-15-25-26(18-21)40-17-16-39-25)27(36)19-34-24-9-7-6-8-23(24)32-33-34/h6-15,18,28H,5,16-17,19H2,1-4H3,(H,31,37)/t28-/m0/s1. The zero-order chi connectivity index (χ0) is 28.3. The molecule has 0 spiro atoms. The first-order valence-electron chi connectivity index (χ1n) is 13.3. The number of carbonyl (C=O) groups excluding carboxylic acids is 2. The predicted molar refractivity (Wildman–Crippen MR) is 151 cm³/mol. The van der Waals surface area contributed by atoms with E-state index in [-0.39, 0.29) is 18.4 Å². The third-order valence-electron chi connectivity index (χ3n) is 6.29. The number of fused-ring (bicyclic) bond motifs is 2. The molecule has 0 radical (unpaired) electrons. The summed E-state index contributed by atoms with van der Waals surface area (Å²) in [6.45, 7) is 8.82. The summed E-state index contributed by atoms with van der Waals surface area (Å²) in [7, 11) is 0. The lowest BCUT2D eigenvalue weighted by Crippen LogP contribution is -2.50. The molecule has 1 atom stereocenters. The topological polar surface area (TPSA) is 108 Å². The molecule has 208 valence electrons. The van der Waals surface area contributed by atoms with E-state index in [0.29, 0.717) is 53.8 Å². The fourth-order valence-corrected chi connectivity index (χ4v) is 4.63. The van der Waals surface area contributed by atoms with Crippen LogP contribution in [0.2, 0.25) is 0 Å². The molecule has 10 heteroatoms. The lowest BCUT2D eigenvalue weighted by atomic mass is 10.0. The first kappa shape index (κ1) is 27.0. The third-order valence-corrected chi connectivity index (χ3v) is 6.29. The second-order valence-electron chi connectivity index (χ2n) is 10.5. The SMILES string of the molecule is CCOc1ccc([C@@H](C(=O)NC(C)(C)C)N(C(=O)Cn2nnc3ccccc32)c2ccc3c(c2)OCCO3)cc1. The van der Waals surface area contributed by atoms with Crippen LogP contribution in [0.5, 0.6) is 17.2 Å². The van der Waals surface area contributed by atoms with E-state index < -0.39 is 11.6 Å². The van der Waals surface area contributed by atoms with Crippen molar-refractivity contribution in [3.05, 3.63) is 72.3 Å². The summed E-state index contributed by atoms with van der Waals surface area (Å²) in [5, 5.41) is 11.5. The van der Waals surface area contributed by atoms with Gasteiger partial charge in [-0.3, -0.25) is 14.5 Å². The van der Waals surface area contributed by atoms with Gasteiger partial charge in [0.2, 0.25) is 11.8 Å². The van der Waals surface area contributed by atoms with Gasteiger partial charge in [0, 0.05) is 17.3 Å². The van der Waals surface area contributed by atoms with Gasteiger partial charge >= 0.3 is 0 Å². The fourth-order valence-electron chi connectivity index (χ4n) is 4.63. The highest BCUT2D eigenvalue weighted by molar-refractivity contribution is 6.02. The first-order chi connectivity index (χ1) is 19.2. The number of aromatic nitrogens is 3. The van der Waals surface area contributed by atoms with Crippen LogP contribution in [0.4, 0.5) is 5.69 Å². The van der Waals surface area contributed by atoms with Crippen molar-refractivity contribution in [2.45, 2.75) is 45.8 Å². The maximum Gasteiger partial charge on any atom is 0.249 e. The van der Waals surface area contributed by atoms with Gasteiger partial charge in [-0.25, -0.2) is 4.68 Å². The van der Waals surface area contributed by atoms with Crippen molar-refractivity contribution in [1.82, 2.24) is 20.3 Å². The predicted octanol–water partition coefficient (Wildman–Crippen LogP) is 4.29. The molecular weight excluding hydrogens is 510 g/mol. The number of ether oxygens (including phenoxy) is 3. The molecule has 10 nitrogen and oxygen atoms in total. The average Bonchev–Trinajstić information content (AvgIpc) is 3.33. The molecule has 0 aliphatic carbocycles. The van der Waals surface area contributed by atoms with Crippen molar-refractivity contribution in [2.24, 2.45) is 0 Å². The van der Waals surface area contributed by atoms with Gasteiger partial charge in [-0.15, -0.1) is 5.10 Å². The highest BCUT2D eigenvalue weighted by Crippen LogP contribution is 2.37. The van der Waals surface area contributed by atoms with Gasteiger partial charge in [0.15, 0.2) is 11.5 Å². The number of rotatable bonds is 8. The van der Waals surface area contributed by atoms with Gasteiger partial charge in [0.25, 0.3) is 0 Å². The highest BCUT2D eigenvalue weighted by Gasteiger charge is 2.35. The minimum Gasteiger partial charge on any atom is -0.494 e. The first-order valence-corrected chi connectivity index (χ1v) is 13.3. The van der Waals surface area contributed by atoms with E-state index in [0.717, 1.165) is 5.52 Å². The van der Waals surface area contributed by atoms with E-state index in [4.69, 9.17) is 14.2 Å².